The van der Waals surface area contributed by atoms with Gasteiger partial charge in [0, 0.05) is 0 Å². The number of hydrogen-bond donors (Lipinski definition) is 0. The van der Waals surface area contributed by atoms with Crippen molar-refractivity contribution in [3.8, 4) is 0 Å². The average molecular weight is 199 g/mol. The van der Waals surface area contributed by atoms with E-state index < -0.39 is 0 Å². The van der Waals surface area contributed by atoms with Crippen LogP contribution in [-0.4, -0.2) is 0 Å². The third-order valence-corrected chi connectivity index (χ3v) is 1.99. The molecule has 0 saturated carbocycles. The molecule has 3 rings (SSSR count). The largest absolute Gasteiger partial charge is 0.422 e. The predicted molar refractivity (Wildman–Crippen MR) is 41.4 cm³/mol. The van der Waals surface area contributed by atoms with Gasteiger partial charge < -0.3 is 4.42 Å². The van der Waals surface area contributed by atoms with Crippen LogP contribution in [0.2, 0.25) is 0 Å². The molecule has 2 aromatic heterocycles. The van der Waals surface area contributed by atoms with E-state index in [1.54, 1.807) is 18.2 Å². The van der Waals surface area contributed by atoms with Crippen LogP contribution in [0, 0.1) is 0 Å². The Hall–Kier alpha value is -0.830. The molecule has 0 N–H and O–H groups in total. The van der Waals surface area contributed by atoms with Gasteiger partial charge in [0.15, 0.2) is 0 Å². The molecular formula is C7H3BrO2. The first-order valence-corrected chi connectivity index (χ1v) is 3.58. The maximum absolute atomic E-state index is 10.8. The van der Waals surface area contributed by atoms with Crippen LogP contribution in [0.25, 0.3) is 11.0 Å². The number of fused-ring (bicyclic) bond motifs is 3. The molecule has 0 radical (unpaired) electrons. The monoisotopic (exact) mass is 198 g/mol. The maximum Gasteiger partial charge on any atom is 0.343 e. The van der Waals surface area contributed by atoms with Crippen molar-refractivity contribution in [2.45, 2.75) is 0 Å². The van der Waals surface area contributed by atoms with Crippen LogP contribution >= 0.6 is 15.9 Å². The highest BCUT2D eigenvalue weighted by Gasteiger charge is 2.02. The zero-order chi connectivity index (χ0) is 7.14. The first-order valence-electron chi connectivity index (χ1n) is 2.79. The molecule has 0 aliphatic carbocycles. The highest BCUT2D eigenvalue weighted by molar-refractivity contribution is 9.10. The summed E-state index contributed by atoms with van der Waals surface area (Å²) in [7, 11) is 0. The van der Waals surface area contributed by atoms with Gasteiger partial charge in [0.1, 0.15) is 5.58 Å². The molecule has 0 spiro atoms. The first kappa shape index (κ1) is 5.92. The summed E-state index contributed by atoms with van der Waals surface area (Å²) in [6.45, 7) is 0. The van der Waals surface area contributed by atoms with Crippen LogP contribution in [0.4, 0.5) is 0 Å². The van der Waals surface area contributed by atoms with E-state index in [9.17, 15) is 4.79 Å². The Kier molecular flexibility index (Phi) is 1.08. The second-order valence-corrected chi connectivity index (χ2v) is 2.89. The number of benzene rings is 1. The van der Waals surface area contributed by atoms with E-state index in [0.717, 1.165) is 4.47 Å². The van der Waals surface area contributed by atoms with Crippen LogP contribution in [0.1, 0.15) is 0 Å². The number of hydrogen-bond acceptors (Lipinski definition) is 2. The van der Waals surface area contributed by atoms with Crippen LogP contribution in [0.15, 0.2) is 31.9 Å². The molecule has 3 heteroatoms. The second kappa shape index (κ2) is 1.83. The van der Waals surface area contributed by atoms with Crippen molar-refractivity contribution in [1.82, 2.24) is 0 Å². The Bertz CT molecular complexity index is 404. The lowest BCUT2D eigenvalue weighted by Gasteiger charge is -1.96. The molecule has 1 aromatic carbocycles. The Morgan fingerprint density at radius 2 is 2.20 bits per heavy atom. The van der Waals surface area contributed by atoms with Gasteiger partial charge in [-0.15, -0.1) is 0 Å². The van der Waals surface area contributed by atoms with Gasteiger partial charge in [-0.1, -0.05) is 0 Å². The van der Waals surface area contributed by atoms with Crippen LogP contribution in [0.3, 0.4) is 0 Å². The maximum atomic E-state index is 10.8. The van der Waals surface area contributed by atoms with Gasteiger partial charge in [-0.2, -0.15) is 0 Å². The molecule has 50 valence electrons. The quantitative estimate of drug-likeness (QED) is 0.649. The molecule has 0 amide bonds. The van der Waals surface area contributed by atoms with Gasteiger partial charge in [-0.05, 0) is 34.1 Å². The van der Waals surface area contributed by atoms with Gasteiger partial charge in [0.2, 0.25) is 0 Å². The van der Waals surface area contributed by atoms with E-state index in [2.05, 4.69) is 15.9 Å². The molecule has 10 heavy (non-hydrogen) atoms. The highest BCUT2D eigenvalue weighted by Crippen LogP contribution is 2.19. The minimum atomic E-state index is -0.263. The fourth-order valence-electron chi connectivity index (χ4n) is 0.869. The molecular weight excluding hydrogens is 196 g/mol. The van der Waals surface area contributed by atoms with Crippen molar-refractivity contribution in [3.05, 3.63) is 33.1 Å². The molecule has 2 nitrogen and oxygen atoms in total. The lowest BCUT2D eigenvalue weighted by atomic mass is 10.2. The zero-order valence-corrected chi connectivity index (χ0v) is 6.51. The molecule has 0 atom stereocenters. The molecule has 0 unspecified atom stereocenters. The molecule has 0 aliphatic heterocycles. The van der Waals surface area contributed by atoms with E-state index in [1.807, 2.05) is 0 Å². The smallest absolute Gasteiger partial charge is 0.343 e. The van der Waals surface area contributed by atoms with E-state index in [4.69, 9.17) is 4.42 Å². The standard InChI is InChI=1S/C7H3BrO2/c8-5-3-4-1-2-6(5)10-7(4)9/h1-3H. The van der Waals surface area contributed by atoms with Crippen LogP contribution in [0.5, 0.6) is 0 Å². The average Bonchev–Trinajstić information content (AvgIpc) is 1.91. The summed E-state index contributed by atoms with van der Waals surface area (Å²) in [5.41, 5.74) is 0.334. The van der Waals surface area contributed by atoms with Crippen molar-refractivity contribution >= 4 is 26.9 Å². The summed E-state index contributed by atoms with van der Waals surface area (Å²) >= 11 is 3.25. The molecule has 3 aromatic rings. The zero-order valence-electron chi connectivity index (χ0n) is 4.93. The molecule has 0 saturated heterocycles. The van der Waals surface area contributed by atoms with Crippen LogP contribution < -0.4 is 5.63 Å². The molecule has 2 heterocycles. The van der Waals surface area contributed by atoms with Gasteiger partial charge in [0.05, 0.1) is 9.86 Å². The Morgan fingerprint density at radius 1 is 1.40 bits per heavy atom. The van der Waals surface area contributed by atoms with E-state index in [1.165, 1.54) is 0 Å². The fourth-order valence-corrected chi connectivity index (χ4v) is 1.33. The SMILES string of the molecule is O=c1oc2ccc1cc2Br. The summed E-state index contributed by atoms with van der Waals surface area (Å²) in [6, 6.07) is 5.26. The summed E-state index contributed by atoms with van der Waals surface area (Å²) in [5, 5.41) is 0.599. The summed E-state index contributed by atoms with van der Waals surface area (Å²) < 4.78 is 5.67. The third-order valence-electron chi connectivity index (χ3n) is 1.37. The molecule has 0 fully saturated rings. The van der Waals surface area contributed by atoms with E-state index in [-0.39, 0.29) is 5.63 Å². The summed E-state index contributed by atoms with van der Waals surface area (Å²) in [6.07, 6.45) is 0. The van der Waals surface area contributed by atoms with Crippen molar-refractivity contribution in [2.24, 2.45) is 0 Å². The summed E-state index contributed by atoms with van der Waals surface area (Å²) in [5.74, 6) is 0. The van der Waals surface area contributed by atoms with Gasteiger partial charge in [-0.25, -0.2) is 4.79 Å². The fraction of sp³-hybridized carbons (Fsp3) is 0. The Balaban J connectivity index is 3.09. The van der Waals surface area contributed by atoms with Crippen molar-refractivity contribution in [3.63, 3.8) is 0 Å². The van der Waals surface area contributed by atoms with Crippen LogP contribution in [-0.2, 0) is 0 Å². The third kappa shape index (κ3) is 0.671. The summed E-state index contributed by atoms with van der Waals surface area (Å²) in [4.78, 5) is 10.8. The minimum absolute atomic E-state index is 0.263. The van der Waals surface area contributed by atoms with E-state index >= 15 is 0 Å². The highest BCUT2D eigenvalue weighted by atomic mass is 79.9. The van der Waals surface area contributed by atoms with Gasteiger partial charge in [0.25, 0.3) is 0 Å². The second-order valence-electron chi connectivity index (χ2n) is 2.03. The predicted octanol–water partition coefficient (Wildman–Crippen LogP) is 1.99. The molecule has 0 aliphatic rings. The Morgan fingerprint density at radius 3 is 2.50 bits per heavy atom. The normalized spacial score (nSPS) is 10.9. The topological polar surface area (TPSA) is 30.2 Å². The lowest BCUT2D eigenvalue weighted by Crippen LogP contribution is -1.99. The lowest BCUT2D eigenvalue weighted by molar-refractivity contribution is 0.560. The Labute approximate surface area is 64.9 Å². The van der Waals surface area contributed by atoms with E-state index in [0.29, 0.717) is 11.0 Å². The van der Waals surface area contributed by atoms with Gasteiger partial charge >= 0.3 is 5.63 Å². The molecule has 2 bridgehead atoms. The first-order chi connectivity index (χ1) is 4.77. The minimum Gasteiger partial charge on any atom is -0.422 e. The van der Waals surface area contributed by atoms with Crippen molar-refractivity contribution < 1.29 is 4.42 Å². The van der Waals surface area contributed by atoms with Gasteiger partial charge in [-0.3, -0.25) is 0 Å². The van der Waals surface area contributed by atoms with Crippen molar-refractivity contribution in [1.29, 1.82) is 0 Å². The van der Waals surface area contributed by atoms with Crippen molar-refractivity contribution in [2.75, 3.05) is 0 Å². The number of halogens is 1. The number of rotatable bonds is 0.